The first-order valence-corrected chi connectivity index (χ1v) is 7.81. The quantitative estimate of drug-likeness (QED) is 0.891. The number of aryl methyl sites for hydroxylation is 1. The van der Waals surface area contributed by atoms with E-state index in [9.17, 15) is 4.79 Å². The Bertz CT molecular complexity index is 629. The van der Waals surface area contributed by atoms with Gasteiger partial charge in [-0.1, -0.05) is 44.2 Å². The van der Waals surface area contributed by atoms with E-state index in [4.69, 9.17) is 0 Å². The van der Waals surface area contributed by atoms with Gasteiger partial charge in [-0.05, 0) is 25.3 Å². The molecule has 0 aliphatic carbocycles. The van der Waals surface area contributed by atoms with Gasteiger partial charge in [0.1, 0.15) is 0 Å². The fourth-order valence-corrected chi connectivity index (χ4v) is 2.53. The van der Waals surface area contributed by atoms with Crippen LogP contribution in [0.4, 0.5) is 0 Å². The van der Waals surface area contributed by atoms with Crippen LogP contribution in [0.5, 0.6) is 0 Å². The highest BCUT2D eigenvalue weighted by Gasteiger charge is 2.15. The maximum absolute atomic E-state index is 12.2. The lowest BCUT2D eigenvalue weighted by atomic mass is 10.1. The van der Waals surface area contributed by atoms with Gasteiger partial charge in [0.15, 0.2) is 0 Å². The molecule has 1 amide bonds. The third-order valence-electron chi connectivity index (χ3n) is 3.74. The van der Waals surface area contributed by atoms with Crippen LogP contribution in [0.25, 0.3) is 0 Å². The highest BCUT2D eigenvalue weighted by atomic mass is 16.1. The van der Waals surface area contributed by atoms with Crippen LogP contribution in [-0.2, 0) is 24.3 Å². The van der Waals surface area contributed by atoms with E-state index in [1.165, 1.54) is 0 Å². The fraction of sp³-hybridized carbons (Fsp3) is 0.444. The molecule has 2 rings (SSSR count). The lowest BCUT2D eigenvalue weighted by molar-refractivity contribution is -0.120. The molecule has 2 aromatic rings. The minimum Gasteiger partial charge on any atom is -0.352 e. The van der Waals surface area contributed by atoms with E-state index in [0.717, 1.165) is 29.1 Å². The molecular weight excluding hydrogens is 274 g/mol. The Morgan fingerprint density at radius 2 is 1.91 bits per heavy atom. The van der Waals surface area contributed by atoms with Crippen molar-refractivity contribution in [3.8, 4) is 0 Å². The van der Waals surface area contributed by atoms with E-state index >= 15 is 0 Å². The Labute approximate surface area is 132 Å². The van der Waals surface area contributed by atoms with Crippen molar-refractivity contribution in [1.82, 2.24) is 15.1 Å². The molecule has 1 heterocycles. The van der Waals surface area contributed by atoms with Gasteiger partial charge < -0.3 is 5.32 Å². The number of amides is 1. The topological polar surface area (TPSA) is 46.9 Å². The van der Waals surface area contributed by atoms with E-state index in [2.05, 4.69) is 24.3 Å². The Hall–Kier alpha value is -2.10. The van der Waals surface area contributed by atoms with Crippen molar-refractivity contribution >= 4 is 5.91 Å². The Morgan fingerprint density at radius 1 is 1.23 bits per heavy atom. The first-order valence-electron chi connectivity index (χ1n) is 7.81. The minimum absolute atomic E-state index is 0.0409. The van der Waals surface area contributed by atoms with E-state index in [1.54, 1.807) is 0 Å². The number of aromatic nitrogens is 2. The van der Waals surface area contributed by atoms with E-state index < -0.39 is 0 Å². The molecule has 1 aromatic heterocycles. The van der Waals surface area contributed by atoms with Gasteiger partial charge in [0.2, 0.25) is 5.91 Å². The summed E-state index contributed by atoms with van der Waals surface area (Å²) in [5.74, 6) is 0.580. The fourth-order valence-electron chi connectivity index (χ4n) is 2.53. The first-order chi connectivity index (χ1) is 10.5. The molecule has 0 aliphatic rings. The van der Waals surface area contributed by atoms with Crippen LogP contribution in [0, 0.1) is 19.8 Å². The molecule has 0 spiro atoms. The summed E-state index contributed by atoms with van der Waals surface area (Å²) in [6, 6.07) is 9.95. The third-order valence-corrected chi connectivity index (χ3v) is 3.74. The van der Waals surface area contributed by atoms with Gasteiger partial charge in [-0.2, -0.15) is 5.10 Å². The van der Waals surface area contributed by atoms with Crippen LogP contribution < -0.4 is 5.32 Å². The summed E-state index contributed by atoms with van der Waals surface area (Å²) in [4.78, 5) is 12.2. The number of rotatable bonds is 6. The summed E-state index contributed by atoms with van der Waals surface area (Å²) in [6.07, 6.45) is 0.391. The van der Waals surface area contributed by atoms with Crippen LogP contribution >= 0.6 is 0 Å². The minimum atomic E-state index is 0.0409. The second kappa shape index (κ2) is 7.25. The van der Waals surface area contributed by atoms with Gasteiger partial charge in [0.25, 0.3) is 0 Å². The van der Waals surface area contributed by atoms with Crippen molar-refractivity contribution in [2.75, 3.05) is 0 Å². The molecule has 0 atom stereocenters. The molecule has 0 saturated heterocycles. The van der Waals surface area contributed by atoms with E-state index in [0.29, 0.717) is 18.9 Å². The summed E-state index contributed by atoms with van der Waals surface area (Å²) in [5, 5.41) is 7.53. The molecule has 1 aromatic carbocycles. The van der Waals surface area contributed by atoms with Gasteiger partial charge in [-0.15, -0.1) is 0 Å². The Morgan fingerprint density at radius 3 is 2.55 bits per heavy atom. The summed E-state index contributed by atoms with van der Waals surface area (Å²) in [7, 11) is 0. The molecule has 0 radical (unpaired) electrons. The number of carbonyl (C=O) groups is 1. The maximum atomic E-state index is 12.2. The van der Waals surface area contributed by atoms with Crippen molar-refractivity contribution < 1.29 is 4.79 Å². The number of benzene rings is 1. The van der Waals surface area contributed by atoms with E-state index in [1.807, 2.05) is 48.9 Å². The molecule has 0 aliphatic heterocycles. The summed E-state index contributed by atoms with van der Waals surface area (Å²) >= 11 is 0. The van der Waals surface area contributed by atoms with Crippen LogP contribution in [0.15, 0.2) is 30.3 Å². The standard InChI is InChI=1S/C18H25N3O/c1-13(2)12-21-15(4)17(14(3)20-21)10-18(22)19-11-16-8-6-5-7-9-16/h5-9,13H,10-12H2,1-4H3,(H,19,22). The van der Waals surface area contributed by atoms with Crippen molar-refractivity contribution in [3.63, 3.8) is 0 Å². The van der Waals surface area contributed by atoms with Gasteiger partial charge in [0, 0.05) is 24.3 Å². The van der Waals surface area contributed by atoms with Crippen LogP contribution in [0.3, 0.4) is 0 Å². The molecule has 0 saturated carbocycles. The molecule has 4 heteroatoms. The first kappa shape index (κ1) is 16.3. The lowest BCUT2D eigenvalue weighted by Crippen LogP contribution is -2.25. The molecule has 118 valence electrons. The van der Waals surface area contributed by atoms with Crippen LogP contribution in [-0.4, -0.2) is 15.7 Å². The predicted molar refractivity (Wildman–Crippen MR) is 88.5 cm³/mol. The van der Waals surface area contributed by atoms with Crippen molar-refractivity contribution in [2.45, 2.75) is 47.2 Å². The summed E-state index contributed by atoms with van der Waals surface area (Å²) in [6.45, 7) is 9.81. The largest absolute Gasteiger partial charge is 0.352 e. The van der Waals surface area contributed by atoms with Gasteiger partial charge in [0.05, 0.1) is 12.1 Å². The zero-order valence-corrected chi connectivity index (χ0v) is 13.9. The van der Waals surface area contributed by atoms with Crippen molar-refractivity contribution in [2.24, 2.45) is 5.92 Å². The second-order valence-electron chi connectivity index (χ2n) is 6.16. The van der Waals surface area contributed by atoms with E-state index in [-0.39, 0.29) is 5.91 Å². The summed E-state index contributed by atoms with van der Waals surface area (Å²) < 4.78 is 2.01. The number of nitrogens with zero attached hydrogens (tertiary/aromatic N) is 2. The average Bonchev–Trinajstić information content (AvgIpc) is 2.73. The van der Waals surface area contributed by atoms with Crippen LogP contribution in [0.2, 0.25) is 0 Å². The number of hydrogen-bond acceptors (Lipinski definition) is 2. The molecule has 0 unspecified atom stereocenters. The Balaban J connectivity index is 1.98. The maximum Gasteiger partial charge on any atom is 0.224 e. The highest BCUT2D eigenvalue weighted by molar-refractivity contribution is 5.79. The van der Waals surface area contributed by atoms with Crippen molar-refractivity contribution in [3.05, 3.63) is 52.8 Å². The zero-order valence-electron chi connectivity index (χ0n) is 13.9. The monoisotopic (exact) mass is 299 g/mol. The number of carbonyl (C=O) groups excluding carboxylic acids is 1. The molecule has 0 bridgehead atoms. The van der Waals surface area contributed by atoms with Crippen LogP contribution in [0.1, 0.15) is 36.4 Å². The zero-order chi connectivity index (χ0) is 16.1. The molecule has 1 N–H and O–H groups in total. The predicted octanol–water partition coefficient (Wildman–Crippen LogP) is 3.01. The highest BCUT2D eigenvalue weighted by Crippen LogP contribution is 2.15. The molecule has 0 fully saturated rings. The Kier molecular flexibility index (Phi) is 5.36. The number of hydrogen-bond donors (Lipinski definition) is 1. The van der Waals surface area contributed by atoms with Gasteiger partial charge in [-0.25, -0.2) is 0 Å². The lowest BCUT2D eigenvalue weighted by Gasteiger charge is -2.08. The van der Waals surface area contributed by atoms with Crippen molar-refractivity contribution in [1.29, 1.82) is 0 Å². The SMILES string of the molecule is Cc1nn(CC(C)C)c(C)c1CC(=O)NCc1ccccc1. The average molecular weight is 299 g/mol. The number of nitrogens with one attached hydrogen (secondary N) is 1. The smallest absolute Gasteiger partial charge is 0.224 e. The second-order valence-corrected chi connectivity index (χ2v) is 6.16. The molecule has 4 nitrogen and oxygen atoms in total. The third kappa shape index (κ3) is 4.20. The van der Waals surface area contributed by atoms with Gasteiger partial charge in [-0.3, -0.25) is 9.48 Å². The normalized spacial score (nSPS) is 11.0. The van der Waals surface area contributed by atoms with Gasteiger partial charge >= 0.3 is 0 Å². The summed E-state index contributed by atoms with van der Waals surface area (Å²) in [5.41, 5.74) is 4.21. The molecule has 22 heavy (non-hydrogen) atoms. The molecular formula is C18H25N3O.